The summed E-state index contributed by atoms with van der Waals surface area (Å²) in [6.07, 6.45) is 0. The number of carboxylic acid groups (broad SMARTS) is 1. The Balaban J connectivity index is 2.44. The molecule has 0 fully saturated rings. The lowest BCUT2D eigenvalue weighted by molar-refractivity contribution is -0.138. The van der Waals surface area contributed by atoms with Gasteiger partial charge in [0.05, 0.1) is 5.92 Å². The monoisotopic (exact) mass is 315 g/mol. The topological polar surface area (TPSA) is 81.8 Å². The van der Waals surface area contributed by atoms with Crippen LogP contribution in [0.2, 0.25) is 0 Å². The molecule has 5 nitrogen and oxygen atoms in total. The molecule has 0 aliphatic carbocycles. The first-order valence-electron chi connectivity index (χ1n) is 5.48. The fourth-order valence-corrected chi connectivity index (χ4v) is 2.49. The molecule has 0 spiro atoms. The number of carbonyl (C=O) groups is 1. The van der Waals surface area contributed by atoms with E-state index in [-0.39, 0.29) is 6.54 Å². The summed E-state index contributed by atoms with van der Waals surface area (Å²) in [6.45, 7) is 3.60. The molecular weight excluding hydrogens is 302 g/mol. The van der Waals surface area contributed by atoms with Gasteiger partial charge in [-0.25, -0.2) is 0 Å². The van der Waals surface area contributed by atoms with Gasteiger partial charge in [-0.15, -0.1) is 0 Å². The van der Waals surface area contributed by atoms with Crippen LogP contribution in [-0.2, 0) is 4.79 Å². The Labute approximate surface area is 113 Å². The van der Waals surface area contributed by atoms with Gasteiger partial charge in [-0.1, -0.05) is 15.9 Å². The average Bonchev–Trinajstić information content (AvgIpc) is 2.52. The second-order valence-corrected chi connectivity index (χ2v) is 5.41. The van der Waals surface area contributed by atoms with Gasteiger partial charge in [0.25, 0.3) is 0 Å². The van der Waals surface area contributed by atoms with E-state index in [0.29, 0.717) is 21.5 Å². The lowest BCUT2D eigenvalue weighted by atomic mass is 9.99. The minimum atomic E-state index is -0.962. The molecule has 1 aliphatic rings. The van der Waals surface area contributed by atoms with Crippen LogP contribution in [0.25, 0.3) is 0 Å². The molecule has 6 heteroatoms. The molecule has 0 amide bonds. The van der Waals surface area contributed by atoms with E-state index < -0.39 is 17.7 Å². The summed E-state index contributed by atoms with van der Waals surface area (Å²) in [5, 5.41) is 9.13. The Morgan fingerprint density at radius 3 is 2.50 bits per heavy atom. The maximum Gasteiger partial charge on any atom is 0.312 e. The molecule has 3 N–H and O–H groups in total. The lowest BCUT2D eigenvalue weighted by Crippen LogP contribution is -2.29. The van der Waals surface area contributed by atoms with Crippen LogP contribution in [0.4, 0.5) is 0 Å². The van der Waals surface area contributed by atoms with Crippen molar-refractivity contribution in [2.24, 2.45) is 5.73 Å². The fraction of sp³-hybridized carbons (Fsp3) is 0.417. The standard InChI is InChI=1S/C12H14BrNO4/c1-12(2)17-9-3-6(7(5-14)11(15)16)8(13)4-10(9)18-12/h3-4,7H,5,14H2,1-2H3,(H,15,16). The Morgan fingerprint density at radius 2 is 2.00 bits per heavy atom. The molecule has 1 unspecified atom stereocenters. The number of nitrogens with two attached hydrogens (primary N) is 1. The minimum Gasteiger partial charge on any atom is -0.481 e. The smallest absolute Gasteiger partial charge is 0.312 e. The van der Waals surface area contributed by atoms with Gasteiger partial charge in [0.2, 0.25) is 5.79 Å². The largest absolute Gasteiger partial charge is 0.481 e. The summed E-state index contributed by atoms with van der Waals surface area (Å²) in [5.41, 5.74) is 6.09. The molecule has 1 aromatic rings. The summed E-state index contributed by atoms with van der Waals surface area (Å²) in [4.78, 5) is 11.1. The number of rotatable bonds is 3. The van der Waals surface area contributed by atoms with Crippen LogP contribution in [0.1, 0.15) is 25.3 Å². The number of hydrogen-bond acceptors (Lipinski definition) is 4. The highest BCUT2D eigenvalue weighted by molar-refractivity contribution is 9.10. The van der Waals surface area contributed by atoms with E-state index in [2.05, 4.69) is 15.9 Å². The first-order valence-corrected chi connectivity index (χ1v) is 6.27. The molecule has 0 saturated heterocycles. The van der Waals surface area contributed by atoms with E-state index in [9.17, 15) is 4.79 Å². The zero-order chi connectivity index (χ0) is 13.5. The Kier molecular flexibility index (Phi) is 3.25. The highest BCUT2D eigenvalue weighted by Gasteiger charge is 2.33. The quantitative estimate of drug-likeness (QED) is 0.892. The molecule has 0 aromatic heterocycles. The van der Waals surface area contributed by atoms with Crippen LogP contribution in [0, 0.1) is 0 Å². The van der Waals surface area contributed by atoms with Crippen LogP contribution in [0.3, 0.4) is 0 Å². The molecule has 1 aromatic carbocycles. The van der Waals surface area contributed by atoms with Crippen LogP contribution < -0.4 is 15.2 Å². The number of halogens is 1. The SMILES string of the molecule is CC1(C)Oc2cc(Br)c(C(CN)C(=O)O)cc2O1. The molecule has 0 saturated carbocycles. The predicted octanol–water partition coefficient (Wildman–Crippen LogP) is 2.08. The maximum absolute atomic E-state index is 11.1. The summed E-state index contributed by atoms with van der Waals surface area (Å²) in [7, 11) is 0. The van der Waals surface area contributed by atoms with Gasteiger partial charge in [-0.05, 0) is 17.7 Å². The maximum atomic E-state index is 11.1. The van der Waals surface area contributed by atoms with Gasteiger partial charge >= 0.3 is 5.97 Å². The van der Waals surface area contributed by atoms with Crippen molar-refractivity contribution in [3.8, 4) is 11.5 Å². The van der Waals surface area contributed by atoms with Crippen molar-refractivity contribution >= 4 is 21.9 Å². The van der Waals surface area contributed by atoms with Crippen LogP contribution in [-0.4, -0.2) is 23.4 Å². The summed E-state index contributed by atoms with van der Waals surface area (Å²) in [6, 6.07) is 3.38. The normalized spacial score (nSPS) is 17.6. The number of hydrogen-bond donors (Lipinski definition) is 2. The van der Waals surface area contributed by atoms with E-state index in [1.807, 2.05) is 0 Å². The highest BCUT2D eigenvalue weighted by atomic mass is 79.9. The second kappa shape index (κ2) is 4.44. The Morgan fingerprint density at radius 1 is 1.44 bits per heavy atom. The summed E-state index contributed by atoms with van der Waals surface area (Å²) >= 11 is 3.34. The number of aliphatic carboxylic acids is 1. The van der Waals surface area contributed by atoms with Crippen molar-refractivity contribution in [1.82, 2.24) is 0 Å². The van der Waals surface area contributed by atoms with Crippen LogP contribution in [0.15, 0.2) is 16.6 Å². The van der Waals surface area contributed by atoms with Gasteiger partial charge in [0.15, 0.2) is 11.5 Å². The second-order valence-electron chi connectivity index (χ2n) is 4.55. The van der Waals surface area contributed by atoms with Crippen LogP contribution >= 0.6 is 15.9 Å². The van der Waals surface area contributed by atoms with E-state index >= 15 is 0 Å². The predicted molar refractivity (Wildman–Crippen MR) is 68.9 cm³/mol. The third kappa shape index (κ3) is 2.30. The van der Waals surface area contributed by atoms with Gasteiger partial charge in [-0.2, -0.15) is 0 Å². The van der Waals surface area contributed by atoms with Crippen molar-refractivity contribution in [2.75, 3.05) is 6.54 Å². The third-order valence-electron chi connectivity index (χ3n) is 2.68. The van der Waals surface area contributed by atoms with Crippen molar-refractivity contribution in [1.29, 1.82) is 0 Å². The molecule has 1 aliphatic heterocycles. The van der Waals surface area contributed by atoms with Crippen molar-refractivity contribution in [3.05, 3.63) is 22.2 Å². The molecule has 0 bridgehead atoms. The van der Waals surface area contributed by atoms with Gasteiger partial charge < -0.3 is 20.3 Å². The van der Waals surface area contributed by atoms with Crippen LogP contribution in [0.5, 0.6) is 11.5 Å². The fourth-order valence-electron chi connectivity index (χ4n) is 1.89. The van der Waals surface area contributed by atoms with E-state index in [0.717, 1.165) is 0 Å². The number of ether oxygens (including phenoxy) is 2. The van der Waals surface area contributed by atoms with Crippen molar-refractivity contribution < 1.29 is 19.4 Å². The van der Waals surface area contributed by atoms with E-state index in [4.69, 9.17) is 20.3 Å². The van der Waals surface area contributed by atoms with Gasteiger partial charge in [0.1, 0.15) is 0 Å². The summed E-state index contributed by atoms with van der Waals surface area (Å²) in [5.74, 6) is -1.33. The van der Waals surface area contributed by atoms with Crippen molar-refractivity contribution in [2.45, 2.75) is 25.6 Å². The first kappa shape index (κ1) is 13.2. The number of carboxylic acids is 1. The van der Waals surface area contributed by atoms with Crippen molar-refractivity contribution in [3.63, 3.8) is 0 Å². The van der Waals surface area contributed by atoms with Gasteiger partial charge in [0, 0.05) is 24.9 Å². The minimum absolute atomic E-state index is 0.0248. The van der Waals surface area contributed by atoms with E-state index in [1.54, 1.807) is 26.0 Å². The first-order chi connectivity index (χ1) is 8.34. The molecular formula is C12H14BrNO4. The zero-order valence-electron chi connectivity index (χ0n) is 10.1. The number of benzene rings is 1. The lowest BCUT2D eigenvalue weighted by Gasteiger charge is -2.16. The molecule has 1 atom stereocenters. The summed E-state index contributed by atoms with van der Waals surface area (Å²) < 4.78 is 11.8. The highest BCUT2D eigenvalue weighted by Crippen LogP contribution is 2.43. The molecule has 98 valence electrons. The molecule has 2 rings (SSSR count). The zero-order valence-corrected chi connectivity index (χ0v) is 11.7. The molecule has 1 heterocycles. The number of fused-ring (bicyclic) bond motifs is 1. The average molecular weight is 316 g/mol. The Hall–Kier alpha value is -1.27. The molecule has 0 radical (unpaired) electrons. The third-order valence-corrected chi connectivity index (χ3v) is 3.37. The van der Waals surface area contributed by atoms with Gasteiger partial charge in [-0.3, -0.25) is 4.79 Å². The molecule has 18 heavy (non-hydrogen) atoms. The Bertz CT molecular complexity index is 501. The van der Waals surface area contributed by atoms with E-state index in [1.165, 1.54) is 0 Å².